The standard InChI is InChI=1S/C8H13N5O2S/c9-6-11-12-7(16-6)10-5-1-3-13(4-2-5)8(14)15/h5H,1-4H2,(H2,9,11)(H,10,12)(H,14,15). The summed E-state index contributed by atoms with van der Waals surface area (Å²) in [4.78, 5) is 12.1. The van der Waals surface area contributed by atoms with E-state index in [4.69, 9.17) is 10.8 Å². The van der Waals surface area contributed by atoms with Gasteiger partial charge >= 0.3 is 6.09 Å². The summed E-state index contributed by atoms with van der Waals surface area (Å²) in [5.74, 6) is 0. The Morgan fingerprint density at radius 1 is 1.50 bits per heavy atom. The van der Waals surface area contributed by atoms with E-state index in [0.29, 0.717) is 23.4 Å². The number of amides is 1. The predicted molar refractivity (Wildman–Crippen MR) is 60.6 cm³/mol. The first-order valence-electron chi connectivity index (χ1n) is 4.98. The van der Waals surface area contributed by atoms with Crippen LogP contribution in [0.4, 0.5) is 15.1 Å². The normalized spacial score (nSPS) is 17.4. The van der Waals surface area contributed by atoms with Gasteiger partial charge in [-0.2, -0.15) is 0 Å². The van der Waals surface area contributed by atoms with Gasteiger partial charge in [0.15, 0.2) is 0 Å². The minimum Gasteiger partial charge on any atom is -0.465 e. The summed E-state index contributed by atoms with van der Waals surface area (Å²) in [5, 5.41) is 20.7. The molecular formula is C8H13N5O2S. The molecular weight excluding hydrogens is 230 g/mol. The van der Waals surface area contributed by atoms with Gasteiger partial charge in [-0.05, 0) is 12.8 Å². The van der Waals surface area contributed by atoms with Crippen molar-refractivity contribution in [1.82, 2.24) is 15.1 Å². The number of rotatable bonds is 2. The lowest BCUT2D eigenvalue weighted by molar-refractivity contribution is 0.134. The van der Waals surface area contributed by atoms with Gasteiger partial charge in [0.05, 0.1) is 0 Å². The molecule has 0 unspecified atom stereocenters. The minimum absolute atomic E-state index is 0.253. The fourth-order valence-corrected chi connectivity index (χ4v) is 2.27. The van der Waals surface area contributed by atoms with Gasteiger partial charge in [-0.25, -0.2) is 4.79 Å². The third-order valence-corrected chi connectivity index (χ3v) is 3.22. The maximum atomic E-state index is 10.7. The van der Waals surface area contributed by atoms with Crippen molar-refractivity contribution in [3.63, 3.8) is 0 Å². The number of aromatic nitrogens is 2. The van der Waals surface area contributed by atoms with Crippen molar-refractivity contribution in [2.75, 3.05) is 24.1 Å². The van der Waals surface area contributed by atoms with Crippen LogP contribution in [-0.2, 0) is 0 Å². The first-order valence-corrected chi connectivity index (χ1v) is 5.80. The average Bonchev–Trinajstić information content (AvgIpc) is 2.65. The van der Waals surface area contributed by atoms with E-state index in [1.165, 1.54) is 16.2 Å². The lowest BCUT2D eigenvalue weighted by Crippen LogP contribution is -2.41. The lowest BCUT2D eigenvalue weighted by atomic mass is 10.1. The first kappa shape index (κ1) is 10.9. The molecule has 1 aliphatic rings. The van der Waals surface area contributed by atoms with Crippen molar-refractivity contribution in [2.24, 2.45) is 0 Å². The quantitative estimate of drug-likeness (QED) is 0.705. The average molecular weight is 243 g/mol. The third kappa shape index (κ3) is 2.51. The molecule has 0 radical (unpaired) electrons. The molecule has 0 aliphatic carbocycles. The number of hydrogen-bond donors (Lipinski definition) is 3. The summed E-state index contributed by atoms with van der Waals surface area (Å²) < 4.78 is 0. The molecule has 0 atom stereocenters. The number of nitrogen functional groups attached to an aromatic ring is 1. The van der Waals surface area contributed by atoms with Gasteiger partial charge < -0.3 is 21.1 Å². The summed E-state index contributed by atoms with van der Waals surface area (Å²) in [5.41, 5.74) is 5.46. The number of nitrogens with zero attached hydrogens (tertiary/aromatic N) is 3. The number of anilines is 2. The van der Waals surface area contributed by atoms with E-state index in [1.807, 2.05) is 0 Å². The van der Waals surface area contributed by atoms with Gasteiger partial charge in [-0.1, -0.05) is 11.3 Å². The number of carboxylic acid groups (broad SMARTS) is 1. The van der Waals surface area contributed by atoms with E-state index >= 15 is 0 Å². The van der Waals surface area contributed by atoms with Crippen LogP contribution in [0.15, 0.2) is 0 Å². The summed E-state index contributed by atoms with van der Waals surface area (Å²) in [6.45, 7) is 1.11. The Labute approximate surface area is 96.3 Å². The molecule has 1 aromatic heterocycles. The molecule has 0 aromatic carbocycles. The van der Waals surface area contributed by atoms with Crippen LogP contribution in [0.2, 0.25) is 0 Å². The van der Waals surface area contributed by atoms with Crippen molar-refractivity contribution in [3.05, 3.63) is 0 Å². The first-order chi connectivity index (χ1) is 7.65. The molecule has 0 spiro atoms. The molecule has 1 aliphatic heterocycles. The molecule has 1 amide bonds. The molecule has 1 saturated heterocycles. The Balaban J connectivity index is 1.83. The number of nitrogens with one attached hydrogen (secondary N) is 1. The van der Waals surface area contributed by atoms with Gasteiger partial charge in [0.2, 0.25) is 10.3 Å². The van der Waals surface area contributed by atoms with Crippen LogP contribution in [0.5, 0.6) is 0 Å². The van der Waals surface area contributed by atoms with E-state index in [1.54, 1.807) is 0 Å². The molecule has 7 nitrogen and oxygen atoms in total. The predicted octanol–water partition coefficient (Wildman–Crippen LogP) is 0.675. The molecule has 2 rings (SSSR count). The second-order valence-corrected chi connectivity index (χ2v) is 4.64. The van der Waals surface area contributed by atoms with Crippen molar-refractivity contribution in [1.29, 1.82) is 0 Å². The molecule has 1 aromatic rings. The van der Waals surface area contributed by atoms with Crippen molar-refractivity contribution >= 4 is 27.7 Å². The second-order valence-electron chi connectivity index (χ2n) is 3.63. The van der Waals surface area contributed by atoms with Crippen molar-refractivity contribution in [3.8, 4) is 0 Å². The molecule has 2 heterocycles. The Kier molecular flexibility index (Phi) is 3.09. The van der Waals surface area contributed by atoms with E-state index in [2.05, 4.69) is 15.5 Å². The lowest BCUT2D eigenvalue weighted by Gasteiger charge is -2.30. The fraction of sp³-hybridized carbons (Fsp3) is 0.625. The van der Waals surface area contributed by atoms with Gasteiger partial charge in [-0.3, -0.25) is 0 Å². The molecule has 0 bridgehead atoms. The van der Waals surface area contributed by atoms with Crippen LogP contribution in [0, 0.1) is 0 Å². The highest BCUT2D eigenvalue weighted by Gasteiger charge is 2.22. The number of piperidine rings is 1. The monoisotopic (exact) mass is 243 g/mol. The molecule has 8 heteroatoms. The van der Waals surface area contributed by atoms with E-state index in [0.717, 1.165) is 12.8 Å². The van der Waals surface area contributed by atoms with Gasteiger partial charge in [0.1, 0.15) is 0 Å². The Morgan fingerprint density at radius 2 is 2.19 bits per heavy atom. The van der Waals surface area contributed by atoms with Crippen LogP contribution < -0.4 is 11.1 Å². The van der Waals surface area contributed by atoms with E-state index in [9.17, 15) is 4.79 Å². The number of hydrogen-bond acceptors (Lipinski definition) is 6. The Hall–Kier alpha value is -1.57. The molecule has 1 fully saturated rings. The van der Waals surface area contributed by atoms with Gasteiger partial charge in [0, 0.05) is 19.1 Å². The number of likely N-dealkylation sites (tertiary alicyclic amines) is 1. The molecule has 4 N–H and O–H groups in total. The van der Waals surface area contributed by atoms with Crippen molar-refractivity contribution in [2.45, 2.75) is 18.9 Å². The summed E-state index contributed by atoms with van der Waals surface area (Å²) in [6.07, 6.45) is 0.719. The molecule has 16 heavy (non-hydrogen) atoms. The van der Waals surface area contributed by atoms with E-state index < -0.39 is 6.09 Å². The zero-order valence-corrected chi connectivity index (χ0v) is 9.40. The number of carbonyl (C=O) groups is 1. The zero-order valence-electron chi connectivity index (χ0n) is 8.59. The third-order valence-electron chi connectivity index (χ3n) is 2.53. The maximum Gasteiger partial charge on any atom is 0.407 e. The zero-order chi connectivity index (χ0) is 11.5. The molecule has 88 valence electrons. The van der Waals surface area contributed by atoms with Gasteiger partial charge in [0.25, 0.3) is 0 Å². The Morgan fingerprint density at radius 3 is 2.69 bits per heavy atom. The van der Waals surface area contributed by atoms with E-state index in [-0.39, 0.29) is 6.04 Å². The topological polar surface area (TPSA) is 104 Å². The Bertz CT molecular complexity index is 374. The van der Waals surface area contributed by atoms with Crippen molar-refractivity contribution < 1.29 is 9.90 Å². The molecule has 0 saturated carbocycles. The highest BCUT2D eigenvalue weighted by Crippen LogP contribution is 2.20. The SMILES string of the molecule is Nc1nnc(NC2CCN(C(=O)O)CC2)s1. The summed E-state index contributed by atoms with van der Waals surface area (Å²) in [6, 6.07) is 0.253. The van der Waals surface area contributed by atoms with Crippen LogP contribution in [-0.4, -0.2) is 45.4 Å². The largest absolute Gasteiger partial charge is 0.465 e. The number of nitrogens with two attached hydrogens (primary N) is 1. The van der Waals surface area contributed by atoms with Crippen LogP contribution in [0.3, 0.4) is 0 Å². The van der Waals surface area contributed by atoms with Crippen LogP contribution >= 0.6 is 11.3 Å². The van der Waals surface area contributed by atoms with Crippen LogP contribution in [0.25, 0.3) is 0 Å². The highest BCUT2D eigenvalue weighted by atomic mass is 32.1. The second kappa shape index (κ2) is 4.52. The summed E-state index contributed by atoms with van der Waals surface area (Å²) in [7, 11) is 0. The van der Waals surface area contributed by atoms with Crippen LogP contribution in [0.1, 0.15) is 12.8 Å². The summed E-state index contributed by atoms with van der Waals surface area (Å²) >= 11 is 1.30. The minimum atomic E-state index is -0.849. The van der Waals surface area contributed by atoms with Gasteiger partial charge in [-0.15, -0.1) is 10.2 Å². The maximum absolute atomic E-state index is 10.7. The fourth-order valence-electron chi connectivity index (χ4n) is 1.68. The smallest absolute Gasteiger partial charge is 0.407 e. The highest BCUT2D eigenvalue weighted by molar-refractivity contribution is 7.18.